The second-order valence-corrected chi connectivity index (χ2v) is 9.03. The van der Waals surface area contributed by atoms with Gasteiger partial charge < -0.3 is 20.3 Å². The van der Waals surface area contributed by atoms with E-state index < -0.39 is 6.04 Å². The normalized spacial score (nSPS) is 15.0. The number of nitrogens with zero attached hydrogens (tertiary/aromatic N) is 1. The SMILES string of the molecule is COCCCNC(=O)C(NC(=O)c1ccc(C)cc1)C1CCN(C(=O)c2ccc(Cl)cc2)CC1. The number of benzene rings is 2. The first-order chi connectivity index (χ1) is 16.4. The molecule has 7 nitrogen and oxygen atoms in total. The van der Waals surface area contributed by atoms with Crippen molar-refractivity contribution in [1.29, 1.82) is 0 Å². The van der Waals surface area contributed by atoms with Gasteiger partial charge in [0.15, 0.2) is 0 Å². The highest BCUT2D eigenvalue weighted by molar-refractivity contribution is 6.30. The Morgan fingerprint density at radius 2 is 1.65 bits per heavy atom. The number of nitrogens with one attached hydrogen (secondary N) is 2. The van der Waals surface area contributed by atoms with E-state index in [-0.39, 0.29) is 23.6 Å². The maximum Gasteiger partial charge on any atom is 0.253 e. The quantitative estimate of drug-likeness (QED) is 0.532. The molecule has 0 aliphatic carbocycles. The highest BCUT2D eigenvalue weighted by Crippen LogP contribution is 2.23. The molecule has 0 aromatic heterocycles. The summed E-state index contributed by atoms with van der Waals surface area (Å²) in [5, 5.41) is 6.45. The lowest BCUT2D eigenvalue weighted by atomic mass is 9.88. The second-order valence-electron chi connectivity index (χ2n) is 8.59. The highest BCUT2D eigenvalue weighted by Gasteiger charge is 2.34. The third-order valence-corrected chi connectivity index (χ3v) is 6.35. The van der Waals surface area contributed by atoms with Crippen LogP contribution < -0.4 is 10.6 Å². The number of likely N-dealkylation sites (tertiary alicyclic amines) is 1. The van der Waals surface area contributed by atoms with Gasteiger partial charge in [-0.2, -0.15) is 0 Å². The van der Waals surface area contributed by atoms with E-state index in [4.69, 9.17) is 16.3 Å². The van der Waals surface area contributed by atoms with E-state index in [1.807, 2.05) is 19.1 Å². The number of amides is 3. The molecule has 34 heavy (non-hydrogen) atoms. The van der Waals surface area contributed by atoms with E-state index in [1.54, 1.807) is 48.4 Å². The lowest BCUT2D eigenvalue weighted by Crippen LogP contribution is -2.54. The zero-order chi connectivity index (χ0) is 24.5. The molecule has 1 atom stereocenters. The Morgan fingerprint density at radius 1 is 1.03 bits per heavy atom. The zero-order valence-corrected chi connectivity index (χ0v) is 20.4. The maximum absolute atomic E-state index is 13.0. The van der Waals surface area contributed by atoms with Gasteiger partial charge in [-0.1, -0.05) is 29.3 Å². The number of ether oxygens (including phenoxy) is 1. The molecule has 1 fully saturated rings. The van der Waals surface area contributed by atoms with Gasteiger partial charge in [-0.05, 0) is 68.5 Å². The van der Waals surface area contributed by atoms with Crippen LogP contribution in [-0.2, 0) is 9.53 Å². The summed E-state index contributed by atoms with van der Waals surface area (Å²) >= 11 is 5.93. The van der Waals surface area contributed by atoms with Crippen LogP contribution in [0.3, 0.4) is 0 Å². The summed E-state index contributed by atoms with van der Waals surface area (Å²) in [5.74, 6) is -0.624. The fourth-order valence-corrected chi connectivity index (χ4v) is 4.20. The van der Waals surface area contributed by atoms with E-state index in [1.165, 1.54) is 0 Å². The molecule has 2 N–H and O–H groups in total. The molecule has 3 rings (SSSR count). The van der Waals surface area contributed by atoms with Gasteiger partial charge in [0.2, 0.25) is 5.91 Å². The van der Waals surface area contributed by atoms with Crippen molar-refractivity contribution in [2.24, 2.45) is 5.92 Å². The number of rotatable bonds is 9. The van der Waals surface area contributed by atoms with E-state index in [0.717, 1.165) is 5.56 Å². The average molecular weight is 486 g/mol. The Hall–Kier alpha value is -2.90. The van der Waals surface area contributed by atoms with Crippen molar-refractivity contribution in [3.05, 3.63) is 70.2 Å². The van der Waals surface area contributed by atoms with Crippen molar-refractivity contribution in [2.75, 3.05) is 33.4 Å². The van der Waals surface area contributed by atoms with E-state index in [9.17, 15) is 14.4 Å². The van der Waals surface area contributed by atoms with Gasteiger partial charge in [-0.25, -0.2) is 0 Å². The number of piperidine rings is 1. The Kier molecular flexibility index (Phi) is 9.48. The molecule has 0 saturated carbocycles. The van der Waals surface area contributed by atoms with Crippen molar-refractivity contribution in [2.45, 2.75) is 32.2 Å². The molecule has 0 spiro atoms. The fourth-order valence-electron chi connectivity index (χ4n) is 4.08. The molecule has 3 amide bonds. The van der Waals surface area contributed by atoms with Crippen LogP contribution in [0.25, 0.3) is 0 Å². The first-order valence-electron chi connectivity index (χ1n) is 11.6. The van der Waals surface area contributed by atoms with Gasteiger partial charge in [-0.15, -0.1) is 0 Å². The summed E-state index contributed by atoms with van der Waals surface area (Å²) in [6.07, 6.45) is 1.92. The molecule has 1 heterocycles. The molecular formula is C26H32ClN3O4. The Morgan fingerprint density at radius 3 is 2.26 bits per heavy atom. The third-order valence-electron chi connectivity index (χ3n) is 6.10. The van der Waals surface area contributed by atoms with Gasteiger partial charge >= 0.3 is 0 Å². The molecule has 182 valence electrons. The molecule has 0 radical (unpaired) electrons. The smallest absolute Gasteiger partial charge is 0.253 e. The molecule has 1 aliphatic rings. The zero-order valence-electron chi connectivity index (χ0n) is 19.7. The van der Waals surface area contributed by atoms with Gasteiger partial charge in [-0.3, -0.25) is 14.4 Å². The summed E-state index contributed by atoms with van der Waals surface area (Å²) in [6.45, 7) is 4.00. The minimum absolute atomic E-state index is 0.0561. The maximum atomic E-state index is 13.0. The molecule has 1 saturated heterocycles. The number of halogens is 1. The highest BCUT2D eigenvalue weighted by atomic mass is 35.5. The van der Waals surface area contributed by atoms with Gasteiger partial charge in [0.1, 0.15) is 6.04 Å². The topological polar surface area (TPSA) is 87.7 Å². The van der Waals surface area contributed by atoms with Crippen molar-refractivity contribution < 1.29 is 19.1 Å². The van der Waals surface area contributed by atoms with Crippen LogP contribution in [0.1, 0.15) is 45.5 Å². The first kappa shape index (κ1) is 25.7. The van der Waals surface area contributed by atoms with E-state index >= 15 is 0 Å². The van der Waals surface area contributed by atoms with Crippen LogP contribution in [0.2, 0.25) is 5.02 Å². The molecular weight excluding hydrogens is 454 g/mol. The number of carbonyl (C=O) groups excluding carboxylic acids is 3. The monoisotopic (exact) mass is 485 g/mol. The lowest BCUT2D eigenvalue weighted by Gasteiger charge is -2.36. The minimum Gasteiger partial charge on any atom is -0.385 e. The van der Waals surface area contributed by atoms with Gasteiger partial charge in [0, 0.05) is 49.5 Å². The second kappa shape index (κ2) is 12.5. The van der Waals surface area contributed by atoms with Crippen molar-refractivity contribution in [3.63, 3.8) is 0 Å². The molecule has 2 aromatic carbocycles. The van der Waals surface area contributed by atoms with Crippen molar-refractivity contribution >= 4 is 29.3 Å². The molecule has 0 bridgehead atoms. The molecule has 1 aliphatic heterocycles. The number of aryl methyl sites for hydroxylation is 1. The number of hydrogen-bond donors (Lipinski definition) is 2. The number of hydrogen-bond acceptors (Lipinski definition) is 4. The Balaban J connectivity index is 1.65. The van der Waals surface area contributed by atoms with Gasteiger partial charge in [0.25, 0.3) is 11.8 Å². The molecule has 8 heteroatoms. The third kappa shape index (κ3) is 7.05. The standard InChI is InChI=1S/C26H32ClN3O4/c1-18-4-6-20(7-5-18)24(31)29-23(25(32)28-14-3-17-34-2)19-12-15-30(16-13-19)26(33)21-8-10-22(27)11-9-21/h4-11,19,23H,3,12-17H2,1-2H3,(H,28,32)(H,29,31). The average Bonchev–Trinajstić information content (AvgIpc) is 2.85. The Labute approximate surface area is 205 Å². The van der Waals surface area contributed by atoms with Crippen molar-refractivity contribution in [1.82, 2.24) is 15.5 Å². The lowest BCUT2D eigenvalue weighted by molar-refractivity contribution is -0.124. The minimum atomic E-state index is -0.677. The number of carbonyl (C=O) groups is 3. The Bertz CT molecular complexity index is 971. The predicted molar refractivity (Wildman–Crippen MR) is 132 cm³/mol. The molecule has 1 unspecified atom stereocenters. The van der Waals surface area contributed by atoms with Crippen LogP contribution in [0.15, 0.2) is 48.5 Å². The van der Waals surface area contributed by atoms with E-state index in [0.29, 0.717) is 61.7 Å². The summed E-state index contributed by atoms with van der Waals surface area (Å²) in [6, 6.07) is 13.4. The summed E-state index contributed by atoms with van der Waals surface area (Å²) in [4.78, 5) is 40.5. The number of methoxy groups -OCH3 is 1. The largest absolute Gasteiger partial charge is 0.385 e. The van der Waals surface area contributed by atoms with Gasteiger partial charge in [0.05, 0.1) is 0 Å². The van der Waals surface area contributed by atoms with Crippen LogP contribution in [-0.4, -0.2) is 62.0 Å². The van der Waals surface area contributed by atoms with Crippen LogP contribution in [0, 0.1) is 12.8 Å². The van der Waals surface area contributed by atoms with Crippen LogP contribution in [0.4, 0.5) is 0 Å². The van der Waals surface area contributed by atoms with Crippen LogP contribution >= 0.6 is 11.6 Å². The predicted octanol–water partition coefficient (Wildman–Crippen LogP) is 3.45. The van der Waals surface area contributed by atoms with Crippen molar-refractivity contribution in [3.8, 4) is 0 Å². The first-order valence-corrected chi connectivity index (χ1v) is 12.0. The van der Waals surface area contributed by atoms with Crippen LogP contribution in [0.5, 0.6) is 0 Å². The summed E-state index contributed by atoms with van der Waals surface area (Å²) in [5.41, 5.74) is 2.16. The molecule has 2 aromatic rings. The summed E-state index contributed by atoms with van der Waals surface area (Å²) < 4.78 is 5.04. The van der Waals surface area contributed by atoms with E-state index in [2.05, 4.69) is 10.6 Å². The fraction of sp³-hybridized carbons (Fsp3) is 0.423. The summed E-state index contributed by atoms with van der Waals surface area (Å²) in [7, 11) is 1.62.